The van der Waals surface area contributed by atoms with Gasteiger partial charge in [-0.2, -0.15) is 0 Å². The second-order valence-corrected chi connectivity index (χ2v) is 4.96. The van der Waals surface area contributed by atoms with Crippen LogP contribution >= 0.6 is 0 Å². The zero-order valence-corrected chi connectivity index (χ0v) is 10.8. The fourth-order valence-corrected chi connectivity index (χ4v) is 1.65. The summed E-state index contributed by atoms with van der Waals surface area (Å²) in [6, 6.07) is 8.38. The first kappa shape index (κ1) is 13.2. The molecule has 1 aromatic carbocycles. The van der Waals surface area contributed by atoms with Crippen LogP contribution in [0.1, 0.15) is 38.3 Å². The van der Waals surface area contributed by atoms with Crippen molar-refractivity contribution in [1.29, 1.82) is 0 Å². The number of nitrogens with two attached hydrogens (primary N) is 1. The lowest BCUT2D eigenvalue weighted by atomic mass is 9.89. The van der Waals surface area contributed by atoms with Crippen molar-refractivity contribution >= 4 is 0 Å². The van der Waals surface area contributed by atoms with Gasteiger partial charge in [-0.05, 0) is 39.7 Å². The van der Waals surface area contributed by atoms with Gasteiger partial charge in [-0.3, -0.25) is 0 Å². The van der Waals surface area contributed by atoms with Crippen molar-refractivity contribution in [3.8, 4) is 0 Å². The van der Waals surface area contributed by atoms with Crippen molar-refractivity contribution in [3.05, 3.63) is 35.4 Å². The van der Waals surface area contributed by atoms with Gasteiger partial charge in [0.15, 0.2) is 0 Å². The SMILES string of the molecule is Cc1cccc(C(C)(N)CCOC(C)C)c1. The Balaban J connectivity index is 2.62. The fraction of sp³-hybridized carbons (Fsp3) is 0.571. The Morgan fingerprint density at radius 2 is 2.06 bits per heavy atom. The van der Waals surface area contributed by atoms with Crippen LogP contribution < -0.4 is 5.73 Å². The molecule has 0 aliphatic heterocycles. The van der Waals surface area contributed by atoms with Crippen LogP contribution in [-0.2, 0) is 10.3 Å². The van der Waals surface area contributed by atoms with Gasteiger partial charge in [-0.15, -0.1) is 0 Å². The average molecular weight is 221 g/mol. The summed E-state index contributed by atoms with van der Waals surface area (Å²) in [6.07, 6.45) is 1.11. The molecule has 0 amide bonds. The Kier molecular flexibility index (Phi) is 4.51. The summed E-state index contributed by atoms with van der Waals surface area (Å²) in [4.78, 5) is 0. The Hall–Kier alpha value is -0.860. The Morgan fingerprint density at radius 3 is 2.62 bits per heavy atom. The van der Waals surface area contributed by atoms with Crippen molar-refractivity contribution in [3.63, 3.8) is 0 Å². The minimum Gasteiger partial charge on any atom is -0.379 e. The molecule has 0 bridgehead atoms. The fourth-order valence-electron chi connectivity index (χ4n) is 1.65. The number of rotatable bonds is 5. The molecular formula is C14H23NO. The van der Waals surface area contributed by atoms with E-state index in [-0.39, 0.29) is 11.6 Å². The molecule has 0 saturated carbocycles. The molecule has 0 aliphatic carbocycles. The van der Waals surface area contributed by atoms with E-state index in [1.807, 2.05) is 13.8 Å². The first-order valence-corrected chi connectivity index (χ1v) is 5.89. The molecule has 0 radical (unpaired) electrons. The second kappa shape index (κ2) is 5.46. The highest BCUT2D eigenvalue weighted by Crippen LogP contribution is 2.22. The first-order chi connectivity index (χ1) is 7.42. The van der Waals surface area contributed by atoms with E-state index in [2.05, 4.69) is 38.1 Å². The number of hydrogen-bond donors (Lipinski definition) is 1. The molecule has 2 heteroatoms. The summed E-state index contributed by atoms with van der Waals surface area (Å²) in [5, 5.41) is 0. The Labute approximate surface area is 98.8 Å². The van der Waals surface area contributed by atoms with Gasteiger partial charge in [-0.1, -0.05) is 29.8 Å². The van der Waals surface area contributed by atoms with Gasteiger partial charge < -0.3 is 10.5 Å². The van der Waals surface area contributed by atoms with Gasteiger partial charge in [-0.25, -0.2) is 0 Å². The normalized spacial score (nSPS) is 15.1. The van der Waals surface area contributed by atoms with Crippen LogP contribution in [-0.4, -0.2) is 12.7 Å². The highest BCUT2D eigenvalue weighted by molar-refractivity contribution is 5.27. The molecule has 0 heterocycles. The van der Waals surface area contributed by atoms with E-state index < -0.39 is 0 Å². The van der Waals surface area contributed by atoms with Crippen LogP contribution in [0.2, 0.25) is 0 Å². The van der Waals surface area contributed by atoms with Crippen molar-refractivity contribution in [2.45, 2.75) is 45.8 Å². The lowest BCUT2D eigenvalue weighted by molar-refractivity contribution is 0.0660. The van der Waals surface area contributed by atoms with Crippen LogP contribution in [0.4, 0.5) is 0 Å². The maximum atomic E-state index is 6.31. The molecule has 0 aromatic heterocycles. The van der Waals surface area contributed by atoms with Crippen LogP contribution in [0.5, 0.6) is 0 Å². The summed E-state index contributed by atoms with van der Waals surface area (Å²) in [6.45, 7) is 8.94. The predicted octanol–water partition coefficient (Wildman–Crippen LogP) is 2.98. The van der Waals surface area contributed by atoms with Gasteiger partial charge in [0.25, 0.3) is 0 Å². The van der Waals surface area contributed by atoms with Crippen molar-refractivity contribution in [1.82, 2.24) is 0 Å². The molecule has 16 heavy (non-hydrogen) atoms. The topological polar surface area (TPSA) is 35.2 Å². The van der Waals surface area contributed by atoms with E-state index in [9.17, 15) is 0 Å². The zero-order chi connectivity index (χ0) is 12.2. The maximum absolute atomic E-state index is 6.31. The molecular weight excluding hydrogens is 198 g/mol. The third-order valence-electron chi connectivity index (χ3n) is 2.75. The van der Waals surface area contributed by atoms with E-state index in [1.54, 1.807) is 0 Å². The molecule has 2 N–H and O–H groups in total. The minimum atomic E-state index is -0.305. The maximum Gasteiger partial charge on any atom is 0.0518 e. The first-order valence-electron chi connectivity index (χ1n) is 5.89. The lowest BCUT2D eigenvalue weighted by Gasteiger charge is -2.26. The van der Waals surface area contributed by atoms with Crippen molar-refractivity contribution in [2.24, 2.45) is 5.73 Å². The van der Waals surface area contributed by atoms with Crippen molar-refractivity contribution in [2.75, 3.05) is 6.61 Å². The molecule has 0 spiro atoms. The number of ether oxygens (including phenoxy) is 1. The smallest absolute Gasteiger partial charge is 0.0518 e. The monoisotopic (exact) mass is 221 g/mol. The zero-order valence-electron chi connectivity index (χ0n) is 10.8. The largest absolute Gasteiger partial charge is 0.379 e. The van der Waals surface area contributed by atoms with Gasteiger partial charge in [0, 0.05) is 12.1 Å². The third-order valence-corrected chi connectivity index (χ3v) is 2.75. The Morgan fingerprint density at radius 1 is 1.38 bits per heavy atom. The number of aryl methyl sites for hydroxylation is 1. The second-order valence-electron chi connectivity index (χ2n) is 4.96. The van der Waals surface area contributed by atoms with E-state index in [0.29, 0.717) is 6.61 Å². The number of hydrogen-bond acceptors (Lipinski definition) is 2. The molecule has 90 valence electrons. The lowest BCUT2D eigenvalue weighted by Crippen LogP contribution is -2.34. The predicted molar refractivity (Wildman–Crippen MR) is 68.4 cm³/mol. The summed E-state index contributed by atoms with van der Waals surface area (Å²) in [5.41, 5.74) is 8.44. The molecule has 0 aliphatic rings. The molecule has 1 rings (SSSR count). The Bertz CT molecular complexity index is 331. The molecule has 0 fully saturated rings. The number of benzene rings is 1. The molecule has 1 unspecified atom stereocenters. The van der Waals surface area contributed by atoms with E-state index in [1.165, 1.54) is 11.1 Å². The summed E-state index contributed by atoms with van der Waals surface area (Å²) in [5.74, 6) is 0. The van der Waals surface area contributed by atoms with Crippen LogP contribution in [0.3, 0.4) is 0 Å². The van der Waals surface area contributed by atoms with Gasteiger partial charge in [0.2, 0.25) is 0 Å². The summed E-state index contributed by atoms with van der Waals surface area (Å²) < 4.78 is 5.55. The highest BCUT2D eigenvalue weighted by atomic mass is 16.5. The summed E-state index contributed by atoms with van der Waals surface area (Å²) in [7, 11) is 0. The van der Waals surface area contributed by atoms with E-state index in [0.717, 1.165) is 6.42 Å². The van der Waals surface area contributed by atoms with E-state index >= 15 is 0 Å². The minimum absolute atomic E-state index is 0.272. The average Bonchev–Trinajstić information content (AvgIpc) is 2.16. The third kappa shape index (κ3) is 3.95. The molecule has 2 nitrogen and oxygen atoms in total. The molecule has 0 saturated heterocycles. The van der Waals surface area contributed by atoms with Gasteiger partial charge in [0.1, 0.15) is 0 Å². The van der Waals surface area contributed by atoms with Crippen molar-refractivity contribution < 1.29 is 4.74 Å². The molecule has 1 aromatic rings. The van der Waals surface area contributed by atoms with Crippen LogP contribution in [0.25, 0.3) is 0 Å². The summed E-state index contributed by atoms with van der Waals surface area (Å²) >= 11 is 0. The van der Waals surface area contributed by atoms with Gasteiger partial charge in [0.05, 0.1) is 6.10 Å². The van der Waals surface area contributed by atoms with Crippen LogP contribution in [0, 0.1) is 6.92 Å². The van der Waals surface area contributed by atoms with Crippen LogP contribution in [0.15, 0.2) is 24.3 Å². The quantitative estimate of drug-likeness (QED) is 0.829. The highest BCUT2D eigenvalue weighted by Gasteiger charge is 2.20. The van der Waals surface area contributed by atoms with E-state index in [4.69, 9.17) is 10.5 Å². The standard InChI is InChI=1S/C14H23NO/c1-11(2)16-9-8-14(4,15)13-7-5-6-12(3)10-13/h5-7,10-11H,8-9,15H2,1-4H3. The van der Waals surface area contributed by atoms with Gasteiger partial charge >= 0.3 is 0 Å². The molecule has 1 atom stereocenters.